The highest BCUT2D eigenvalue weighted by Crippen LogP contribution is 2.22. The summed E-state index contributed by atoms with van der Waals surface area (Å²) in [6.45, 7) is 1.12. The van der Waals surface area contributed by atoms with Crippen LogP contribution in [0.2, 0.25) is 0 Å². The van der Waals surface area contributed by atoms with Crippen molar-refractivity contribution in [1.82, 2.24) is 14.5 Å². The van der Waals surface area contributed by atoms with Crippen molar-refractivity contribution in [3.05, 3.63) is 36.2 Å². The second-order valence-electron chi connectivity index (χ2n) is 5.36. The van der Waals surface area contributed by atoms with E-state index in [4.69, 9.17) is 10.5 Å². The van der Waals surface area contributed by atoms with Gasteiger partial charge in [0, 0.05) is 32.4 Å². The molecule has 1 aliphatic heterocycles. The van der Waals surface area contributed by atoms with Gasteiger partial charge in [0.05, 0.1) is 23.4 Å². The number of nitrogens with zero attached hydrogens (tertiary/aromatic N) is 3. The summed E-state index contributed by atoms with van der Waals surface area (Å²) in [5.74, 6) is 0.00111. The molecule has 120 valence electrons. The lowest BCUT2D eigenvalue weighted by Gasteiger charge is -2.38. The lowest BCUT2D eigenvalue weighted by molar-refractivity contribution is 0.0140. The molecule has 1 saturated heterocycles. The van der Waals surface area contributed by atoms with Gasteiger partial charge in [-0.2, -0.15) is 5.10 Å². The van der Waals surface area contributed by atoms with E-state index in [1.807, 2.05) is 29.3 Å². The fourth-order valence-electron chi connectivity index (χ4n) is 2.97. The molecule has 0 aromatic carbocycles. The monoisotopic (exact) mass is 324 g/mol. The summed E-state index contributed by atoms with van der Waals surface area (Å²) in [5.41, 5.74) is 7.30. The van der Waals surface area contributed by atoms with E-state index in [-0.39, 0.29) is 30.5 Å². The van der Waals surface area contributed by atoms with Crippen LogP contribution in [0.4, 0.5) is 0 Å². The van der Waals surface area contributed by atoms with Crippen LogP contribution in [0.1, 0.15) is 23.2 Å². The van der Waals surface area contributed by atoms with E-state index in [0.29, 0.717) is 18.7 Å². The van der Waals surface area contributed by atoms with Crippen molar-refractivity contribution in [1.29, 1.82) is 0 Å². The van der Waals surface area contributed by atoms with Gasteiger partial charge >= 0.3 is 0 Å². The van der Waals surface area contributed by atoms with Crippen molar-refractivity contribution in [2.24, 2.45) is 5.73 Å². The number of hydrogen-bond donors (Lipinski definition) is 1. The molecule has 1 aliphatic rings. The van der Waals surface area contributed by atoms with Crippen molar-refractivity contribution in [3.8, 4) is 0 Å². The Morgan fingerprint density at radius 1 is 1.50 bits per heavy atom. The molecule has 2 aromatic rings. The third kappa shape index (κ3) is 2.95. The molecule has 2 atom stereocenters. The highest BCUT2D eigenvalue weighted by molar-refractivity contribution is 6.00. The summed E-state index contributed by atoms with van der Waals surface area (Å²) in [4.78, 5) is 14.7. The van der Waals surface area contributed by atoms with E-state index in [0.717, 1.165) is 18.4 Å². The number of pyridine rings is 1. The first-order valence-corrected chi connectivity index (χ1v) is 7.20. The zero-order valence-electron chi connectivity index (χ0n) is 12.5. The van der Waals surface area contributed by atoms with E-state index >= 15 is 0 Å². The van der Waals surface area contributed by atoms with Crippen molar-refractivity contribution in [2.75, 3.05) is 20.2 Å². The minimum absolute atomic E-state index is 0. The number of piperidine rings is 1. The maximum Gasteiger partial charge on any atom is 0.257 e. The first kappa shape index (κ1) is 16.7. The Hall–Kier alpha value is -1.63. The molecule has 0 radical (unpaired) electrons. The van der Waals surface area contributed by atoms with Gasteiger partial charge < -0.3 is 15.4 Å². The highest BCUT2D eigenvalue weighted by Gasteiger charge is 2.32. The molecule has 0 spiro atoms. The molecular weight excluding hydrogens is 304 g/mol. The highest BCUT2D eigenvalue weighted by atomic mass is 35.5. The average molecular weight is 325 g/mol. The van der Waals surface area contributed by atoms with Crippen LogP contribution >= 0.6 is 12.4 Å². The van der Waals surface area contributed by atoms with Gasteiger partial charge in [0.15, 0.2) is 0 Å². The minimum atomic E-state index is 0. The van der Waals surface area contributed by atoms with Crippen molar-refractivity contribution >= 4 is 23.8 Å². The third-order valence-electron chi connectivity index (χ3n) is 4.19. The first-order chi connectivity index (χ1) is 10.2. The molecule has 0 aliphatic carbocycles. The van der Waals surface area contributed by atoms with Gasteiger partial charge in [0.25, 0.3) is 5.91 Å². The molecular formula is C15H21ClN4O2. The van der Waals surface area contributed by atoms with Crippen LogP contribution in [-0.2, 0) is 4.74 Å². The van der Waals surface area contributed by atoms with E-state index in [9.17, 15) is 4.79 Å². The lowest BCUT2D eigenvalue weighted by atomic mass is 9.98. The number of nitrogens with two attached hydrogens (primary N) is 1. The standard InChI is InChI=1S/C15H20N4O2.ClH/c1-21-12-5-7-18(11(8-12)9-16)15(20)13-10-17-19-6-3-2-4-14(13)19;/h2-4,6,10-12H,5,7-9,16H2,1H3;1H. The molecule has 1 amide bonds. The SMILES string of the molecule is COC1CCN(C(=O)c2cnn3ccccc23)C(CN)C1.Cl. The Morgan fingerprint density at radius 2 is 2.32 bits per heavy atom. The van der Waals surface area contributed by atoms with Crippen LogP contribution in [0.3, 0.4) is 0 Å². The van der Waals surface area contributed by atoms with E-state index < -0.39 is 0 Å². The van der Waals surface area contributed by atoms with Gasteiger partial charge in [-0.15, -0.1) is 12.4 Å². The van der Waals surface area contributed by atoms with Gasteiger partial charge in [-0.05, 0) is 25.0 Å². The first-order valence-electron chi connectivity index (χ1n) is 7.20. The number of amides is 1. The number of carbonyl (C=O) groups is 1. The predicted octanol–water partition coefficient (Wildman–Crippen LogP) is 1.33. The molecule has 7 heteroatoms. The van der Waals surface area contributed by atoms with E-state index in [1.165, 1.54) is 0 Å². The van der Waals surface area contributed by atoms with Crippen LogP contribution in [0.25, 0.3) is 5.52 Å². The smallest absolute Gasteiger partial charge is 0.257 e. The number of aromatic nitrogens is 2. The second-order valence-corrected chi connectivity index (χ2v) is 5.36. The molecule has 1 fully saturated rings. The quantitative estimate of drug-likeness (QED) is 0.924. The number of halogens is 1. The summed E-state index contributed by atoms with van der Waals surface area (Å²) in [6.07, 6.45) is 5.29. The van der Waals surface area contributed by atoms with Crippen molar-refractivity contribution in [2.45, 2.75) is 25.0 Å². The van der Waals surface area contributed by atoms with Gasteiger partial charge in [-0.25, -0.2) is 4.52 Å². The van der Waals surface area contributed by atoms with Crippen LogP contribution in [0, 0.1) is 0 Å². The summed E-state index contributed by atoms with van der Waals surface area (Å²) < 4.78 is 7.12. The third-order valence-corrected chi connectivity index (χ3v) is 4.19. The van der Waals surface area contributed by atoms with Gasteiger partial charge in [-0.1, -0.05) is 6.07 Å². The fourth-order valence-corrected chi connectivity index (χ4v) is 2.97. The van der Waals surface area contributed by atoms with E-state index in [1.54, 1.807) is 17.8 Å². The van der Waals surface area contributed by atoms with Gasteiger partial charge in [0.1, 0.15) is 0 Å². The Kier molecular flexibility index (Phi) is 5.39. The second kappa shape index (κ2) is 7.09. The van der Waals surface area contributed by atoms with Crippen LogP contribution < -0.4 is 5.73 Å². The number of ether oxygens (including phenoxy) is 1. The van der Waals surface area contributed by atoms with Gasteiger partial charge in [0.2, 0.25) is 0 Å². The Labute approximate surface area is 135 Å². The Bertz CT molecular complexity index is 645. The van der Waals surface area contributed by atoms with Crippen molar-refractivity contribution < 1.29 is 9.53 Å². The summed E-state index contributed by atoms with van der Waals surface area (Å²) in [7, 11) is 1.71. The topological polar surface area (TPSA) is 72.9 Å². The molecule has 0 saturated carbocycles. The minimum Gasteiger partial charge on any atom is -0.381 e. The van der Waals surface area contributed by atoms with Crippen LogP contribution in [0.15, 0.2) is 30.6 Å². The summed E-state index contributed by atoms with van der Waals surface area (Å²) in [6, 6.07) is 5.72. The van der Waals surface area contributed by atoms with E-state index in [2.05, 4.69) is 5.10 Å². The number of methoxy groups -OCH3 is 1. The number of hydrogen-bond acceptors (Lipinski definition) is 4. The zero-order valence-corrected chi connectivity index (χ0v) is 13.3. The molecule has 22 heavy (non-hydrogen) atoms. The average Bonchev–Trinajstić information content (AvgIpc) is 2.97. The molecule has 6 nitrogen and oxygen atoms in total. The van der Waals surface area contributed by atoms with Crippen LogP contribution in [-0.4, -0.2) is 52.8 Å². The maximum atomic E-state index is 12.8. The molecule has 2 unspecified atom stereocenters. The largest absolute Gasteiger partial charge is 0.381 e. The number of fused-ring (bicyclic) bond motifs is 1. The number of rotatable bonds is 3. The number of carbonyl (C=O) groups excluding carboxylic acids is 1. The molecule has 2 N–H and O–H groups in total. The maximum absolute atomic E-state index is 12.8. The van der Waals surface area contributed by atoms with Crippen molar-refractivity contribution in [3.63, 3.8) is 0 Å². The summed E-state index contributed by atoms with van der Waals surface area (Å²) >= 11 is 0. The predicted molar refractivity (Wildman–Crippen MR) is 86.3 cm³/mol. The molecule has 0 bridgehead atoms. The lowest BCUT2D eigenvalue weighted by Crippen LogP contribution is -2.51. The van der Waals surface area contributed by atoms with Crippen LogP contribution in [0.5, 0.6) is 0 Å². The summed E-state index contributed by atoms with van der Waals surface area (Å²) in [5, 5.41) is 4.23. The molecule has 2 aromatic heterocycles. The van der Waals surface area contributed by atoms with Gasteiger partial charge in [-0.3, -0.25) is 4.79 Å². The fraction of sp³-hybridized carbons (Fsp3) is 0.467. The molecule has 3 heterocycles. The number of likely N-dealkylation sites (tertiary alicyclic amines) is 1. The molecule has 3 rings (SSSR count). The normalized spacial score (nSPS) is 21.6. The Morgan fingerprint density at radius 3 is 3.05 bits per heavy atom. The zero-order chi connectivity index (χ0) is 14.8. The Balaban J connectivity index is 0.00000176.